The number of hydrogen-bond acceptors (Lipinski definition) is 7. The summed E-state index contributed by atoms with van der Waals surface area (Å²) in [7, 11) is 0. The number of esters is 2. The highest BCUT2D eigenvalue weighted by atomic mass is 35.5. The van der Waals surface area contributed by atoms with Crippen molar-refractivity contribution in [2.75, 3.05) is 6.61 Å². The lowest BCUT2D eigenvalue weighted by atomic mass is 10.1. The summed E-state index contributed by atoms with van der Waals surface area (Å²) in [6.45, 7) is -0.202. The molecule has 45 heavy (non-hydrogen) atoms. The van der Waals surface area contributed by atoms with E-state index in [0.29, 0.717) is 17.0 Å². The maximum Gasteiger partial charge on any atom is 0.408 e. The number of carbonyl (C=O) groups excluding carboxylic acids is 4. The summed E-state index contributed by atoms with van der Waals surface area (Å²) in [4.78, 5) is 51.8. The normalized spacial score (nSPS) is 11.8. The Morgan fingerprint density at radius 2 is 1.16 bits per heavy atom. The van der Waals surface area contributed by atoms with Gasteiger partial charge in [-0.1, -0.05) is 103 Å². The van der Waals surface area contributed by atoms with Gasteiger partial charge in [0.05, 0.1) is 18.0 Å². The van der Waals surface area contributed by atoms with Gasteiger partial charge in [0, 0.05) is 5.02 Å². The summed E-state index contributed by atoms with van der Waals surface area (Å²) in [5.74, 6) is -1.97. The molecule has 10 heteroatoms. The summed E-state index contributed by atoms with van der Waals surface area (Å²) < 4.78 is 16.2. The quantitative estimate of drug-likeness (QED) is 0.137. The van der Waals surface area contributed by atoms with Gasteiger partial charge in [-0.25, -0.2) is 9.59 Å². The van der Waals surface area contributed by atoms with E-state index in [9.17, 15) is 19.2 Å². The van der Waals surface area contributed by atoms with Gasteiger partial charge in [-0.15, -0.1) is 0 Å². The highest BCUT2D eigenvalue weighted by molar-refractivity contribution is 6.30. The molecule has 0 aromatic heterocycles. The van der Waals surface area contributed by atoms with E-state index in [0.717, 1.165) is 16.7 Å². The first kappa shape index (κ1) is 32.8. The summed E-state index contributed by atoms with van der Waals surface area (Å²) in [6.07, 6.45) is -1.03. The van der Waals surface area contributed by atoms with Gasteiger partial charge in [-0.3, -0.25) is 9.59 Å². The molecule has 2 amide bonds. The molecule has 0 aliphatic rings. The largest absolute Gasteiger partial charge is 0.461 e. The third-order valence-electron chi connectivity index (χ3n) is 6.60. The maximum atomic E-state index is 13.6. The minimum absolute atomic E-state index is 0.00372. The third-order valence-corrected chi connectivity index (χ3v) is 6.85. The summed E-state index contributed by atoms with van der Waals surface area (Å²) in [5.41, 5.74) is 2.69. The Hall–Kier alpha value is -5.15. The standard InChI is InChI=1S/C35H33ClN2O7/c36-29-18-16-28(17-19-29)34(41)44-24-30(20-25-10-4-1-5-11-25)37-33(40)31(21-32(39)43-22-26-12-6-2-7-13-26)38-35(42)45-23-27-14-8-3-9-15-27/h1-19,30-31H,20-24H2,(H,37,40)(H,38,42)/t30-,31-/m0/s1. The van der Waals surface area contributed by atoms with Crippen molar-refractivity contribution in [1.82, 2.24) is 10.6 Å². The number of ether oxygens (including phenoxy) is 3. The van der Waals surface area contributed by atoms with Crippen LogP contribution >= 0.6 is 11.6 Å². The minimum Gasteiger partial charge on any atom is -0.461 e. The van der Waals surface area contributed by atoms with Gasteiger partial charge < -0.3 is 24.8 Å². The van der Waals surface area contributed by atoms with E-state index in [1.165, 1.54) is 12.1 Å². The predicted molar refractivity (Wildman–Crippen MR) is 168 cm³/mol. The first-order valence-electron chi connectivity index (χ1n) is 14.3. The van der Waals surface area contributed by atoms with Crippen LogP contribution in [0.15, 0.2) is 115 Å². The molecule has 0 saturated heterocycles. The summed E-state index contributed by atoms with van der Waals surface area (Å²) in [6, 6.07) is 31.6. The Morgan fingerprint density at radius 3 is 1.73 bits per heavy atom. The zero-order valence-electron chi connectivity index (χ0n) is 24.4. The lowest BCUT2D eigenvalue weighted by molar-refractivity contribution is -0.147. The number of hydrogen-bond donors (Lipinski definition) is 2. The van der Waals surface area contributed by atoms with Crippen LogP contribution in [-0.4, -0.2) is 42.6 Å². The predicted octanol–water partition coefficient (Wildman–Crippen LogP) is 5.65. The maximum absolute atomic E-state index is 13.6. The molecule has 0 aliphatic carbocycles. The van der Waals surface area contributed by atoms with Crippen LogP contribution < -0.4 is 10.6 Å². The van der Waals surface area contributed by atoms with E-state index in [1.54, 1.807) is 36.4 Å². The Morgan fingerprint density at radius 1 is 0.622 bits per heavy atom. The van der Waals surface area contributed by atoms with E-state index < -0.39 is 42.4 Å². The second-order valence-electron chi connectivity index (χ2n) is 10.1. The SMILES string of the molecule is O=C(C[C@H](NC(=O)OCc1ccccc1)C(=O)N[C@H](COC(=O)c1ccc(Cl)cc1)Cc1ccccc1)OCc1ccccc1. The van der Waals surface area contributed by atoms with E-state index >= 15 is 0 Å². The molecule has 2 N–H and O–H groups in total. The number of carbonyl (C=O) groups is 4. The number of nitrogens with one attached hydrogen (secondary N) is 2. The van der Waals surface area contributed by atoms with Crippen LogP contribution in [0, 0.1) is 0 Å². The van der Waals surface area contributed by atoms with Crippen LogP contribution in [0.5, 0.6) is 0 Å². The molecule has 0 saturated carbocycles. The minimum atomic E-state index is -1.33. The average molecular weight is 629 g/mol. The summed E-state index contributed by atoms with van der Waals surface area (Å²) >= 11 is 5.92. The third kappa shape index (κ3) is 11.5. The van der Waals surface area contributed by atoms with Crippen molar-refractivity contribution in [2.45, 2.75) is 38.1 Å². The smallest absolute Gasteiger partial charge is 0.408 e. The van der Waals surface area contributed by atoms with Crippen molar-refractivity contribution >= 4 is 35.5 Å². The van der Waals surface area contributed by atoms with Crippen LogP contribution in [0.25, 0.3) is 0 Å². The van der Waals surface area contributed by atoms with Crippen molar-refractivity contribution in [3.63, 3.8) is 0 Å². The Kier molecular flexibility index (Phi) is 12.5. The molecule has 4 aromatic rings. The van der Waals surface area contributed by atoms with Crippen LogP contribution in [-0.2, 0) is 43.4 Å². The van der Waals surface area contributed by atoms with Gasteiger partial charge in [-0.2, -0.15) is 0 Å². The number of amides is 2. The molecule has 232 valence electrons. The fourth-order valence-corrected chi connectivity index (χ4v) is 4.40. The number of alkyl carbamates (subject to hydrolysis) is 1. The van der Waals surface area contributed by atoms with Crippen LogP contribution in [0.1, 0.15) is 33.5 Å². The number of halogens is 1. The zero-order chi connectivity index (χ0) is 31.9. The van der Waals surface area contributed by atoms with Crippen molar-refractivity contribution in [2.24, 2.45) is 0 Å². The molecular formula is C35H33ClN2O7. The molecule has 4 rings (SSSR count). The molecular weight excluding hydrogens is 596 g/mol. The number of benzene rings is 4. The topological polar surface area (TPSA) is 120 Å². The average Bonchev–Trinajstić information content (AvgIpc) is 3.06. The molecule has 0 bridgehead atoms. The van der Waals surface area contributed by atoms with Crippen molar-refractivity contribution in [1.29, 1.82) is 0 Å². The van der Waals surface area contributed by atoms with E-state index in [2.05, 4.69) is 10.6 Å². The van der Waals surface area contributed by atoms with E-state index in [-0.39, 0.29) is 19.8 Å². The lowest BCUT2D eigenvalue weighted by Gasteiger charge is -2.23. The molecule has 4 aromatic carbocycles. The van der Waals surface area contributed by atoms with Crippen LogP contribution in [0.3, 0.4) is 0 Å². The van der Waals surface area contributed by atoms with E-state index in [4.69, 9.17) is 25.8 Å². The molecule has 0 aliphatic heterocycles. The molecule has 0 heterocycles. The molecule has 2 atom stereocenters. The second-order valence-corrected chi connectivity index (χ2v) is 10.5. The molecule has 0 unspecified atom stereocenters. The van der Waals surface area contributed by atoms with Crippen LogP contribution in [0.4, 0.5) is 4.79 Å². The summed E-state index contributed by atoms with van der Waals surface area (Å²) in [5, 5.41) is 5.79. The van der Waals surface area contributed by atoms with Gasteiger partial charge in [0.2, 0.25) is 5.91 Å². The fourth-order valence-electron chi connectivity index (χ4n) is 4.28. The molecule has 0 fully saturated rings. The highest BCUT2D eigenvalue weighted by Gasteiger charge is 2.28. The van der Waals surface area contributed by atoms with Crippen LogP contribution in [0.2, 0.25) is 5.02 Å². The number of rotatable bonds is 14. The lowest BCUT2D eigenvalue weighted by Crippen LogP contribution is -2.52. The first-order valence-corrected chi connectivity index (χ1v) is 14.7. The first-order chi connectivity index (χ1) is 21.9. The zero-order valence-corrected chi connectivity index (χ0v) is 25.2. The van der Waals surface area contributed by atoms with E-state index in [1.807, 2.05) is 66.7 Å². The van der Waals surface area contributed by atoms with Gasteiger partial charge in [0.15, 0.2) is 0 Å². The monoisotopic (exact) mass is 628 g/mol. The van der Waals surface area contributed by atoms with Gasteiger partial charge >= 0.3 is 18.0 Å². The van der Waals surface area contributed by atoms with Crippen molar-refractivity contribution in [3.05, 3.63) is 143 Å². The molecule has 0 radical (unpaired) electrons. The molecule has 9 nitrogen and oxygen atoms in total. The van der Waals surface area contributed by atoms with Gasteiger partial charge in [0.1, 0.15) is 25.9 Å². The van der Waals surface area contributed by atoms with Crippen molar-refractivity contribution < 1.29 is 33.4 Å². The van der Waals surface area contributed by atoms with Crippen molar-refractivity contribution in [3.8, 4) is 0 Å². The Labute approximate surface area is 266 Å². The Balaban J connectivity index is 1.44. The van der Waals surface area contributed by atoms with Gasteiger partial charge in [0.25, 0.3) is 0 Å². The Bertz CT molecular complexity index is 1480. The highest BCUT2D eigenvalue weighted by Crippen LogP contribution is 2.12. The van der Waals surface area contributed by atoms with Gasteiger partial charge in [-0.05, 0) is 47.4 Å². The second kappa shape index (κ2) is 17.2. The molecule has 0 spiro atoms. The fraction of sp³-hybridized carbons (Fsp3) is 0.200.